The van der Waals surface area contributed by atoms with Crippen molar-refractivity contribution in [1.29, 1.82) is 0 Å². The second kappa shape index (κ2) is 4.14. The van der Waals surface area contributed by atoms with Gasteiger partial charge in [-0.15, -0.1) is 0 Å². The minimum absolute atomic E-state index is 0.276. The summed E-state index contributed by atoms with van der Waals surface area (Å²) in [6.45, 7) is 0.454. The van der Waals surface area contributed by atoms with E-state index >= 15 is 0 Å². The molecule has 6 heteroatoms. The summed E-state index contributed by atoms with van der Waals surface area (Å²) in [5.41, 5.74) is 5.79. The zero-order valence-corrected chi connectivity index (χ0v) is 7.85. The van der Waals surface area contributed by atoms with E-state index in [2.05, 4.69) is 15.1 Å². The van der Waals surface area contributed by atoms with Gasteiger partial charge in [-0.1, -0.05) is 5.16 Å². The Bertz CT molecular complexity index is 440. The van der Waals surface area contributed by atoms with Gasteiger partial charge in [0.05, 0.1) is 6.20 Å². The molecular formula is C9H9FN4O. The summed E-state index contributed by atoms with van der Waals surface area (Å²) in [5, 5.41) is 3.70. The number of pyridine rings is 1. The molecule has 0 aromatic carbocycles. The molecule has 0 atom stereocenters. The van der Waals surface area contributed by atoms with Gasteiger partial charge >= 0.3 is 0 Å². The van der Waals surface area contributed by atoms with Gasteiger partial charge in [0.25, 0.3) is 5.89 Å². The number of nitrogens with two attached hydrogens (primary N) is 1. The Labute approximate surface area is 85.1 Å². The first-order chi connectivity index (χ1) is 7.29. The van der Waals surface area contributed by atoms with Crippen molar-refractivity contribution < 1.29 is 8.91 Å². The van der Waals surface area contributed by atoms with Gasteiger partial charge in [0.2, 0.25) is 0 Å². The molecule has 0 unspecified atom stereocenters. The van der Waals surface area contributed by atoms with Gasteiger partial charge in [-0.2, -0.15) is 4.98 Å². The summed E-state index contributed by atoms with van der Waals surface area (Å²) < 4.78 is 17.5. The predicted molar refractivity (Wildman–Crippen MR) is 50.2 cm³/mol. The van der Waals surface area contributed by atoms with Crippen LogP contribution in [0.3, 0.4) is 0 Å². The van der Waals surface area contributed by atoms with Crippen molar-refractivity contribution >= 4 is 0 Å². The number of nitrogens with zero attached hydrogens (tertiary/aromatic N) is 3. The Kier molecular flexibility index (Phi) is 2.68. The molecule has 0 amide bonds. The average molecular weight is 208 g/mol. The quantitative estimate of drug-likeness (QED) is 0.806. The van der Waals surface area contributed by atoms with Gasteiger partial charge in [0.1, 0.15) is 11.5 Å². The van der Waals surface area contributed by atoms with E-state index < -0.39 is 5.82 Å². The van der Waals surface area contributed by atoms with Crippen molar-refractivity contribution in [1.82, 2.24) is 15.1 Å². The predicted octanol–water partition coefficient (Wildman–Crippen LogP) is 0.772. The van der Waals surface area contributed by atoms with Gasteiger partial charge in [-0.25, -0.2) is 9.37 Å². The highest BCUT2D eigenvalue weighted by Gasteiger charge is 2.09. The molecule has 0 bridgehead atoms. The molecule has 2 N–H and O–H groups in total. The Morgan fingerprint density at radius 3 is 2.93 bits per heavy atom. The van der Waals surface area contributed by atoms with Crippen LogP contribution in [0, 0.1) is 5.82 Å². The molecular weight excluding hydrogens is 199 g/mol. The minimum atomic E-state index is -0.402. The first-order valence-corrected chi connectivity index (χ1v) is 4.44. The monoisotopic (exact) mass is 208 g/mol. The fourth-order valence-corrected chi connectivity index (χ4v) is 1.09. The van der Waals surface area contributed by atoms with Crippen LogP contribution in [0.15, 0.2) is 22.9 Å². The molecule has 0 aliphatic rings. The van der Waals surface area contributed by atoms with E-state index in [1.165, 1.54) is 12.1 Å². The molecule has 0 saturated carbocycles. The minimum Gasteiger partial charge on any atom is -0.332 e. The van der Waals surface area contributed by atoms with Gasteiger partial charge in [0, 0.05) is 6.42 Å². The fraction of sp³-hybridized carbons (Fsp3) is 0.222. The van der Waals surface area contributed by atoms with E-state index in [0.717, 1.165) is 6.20 Å². The second-order valence-electron chi connectivity index (χ2n) is 2.92. The van der Waals surface area contributed by atoms with Crippen LogP contribution in [-0.4, -0.2) is 21.7 Å². The average Bonchev–Trinajstić information content (AvgIpc) is 2.68. The highest BCUT2D eigenvalue weighted by molar-refractivity contribution is 5.45. The van der Waals surface area contributed by atoms with Crippen LogP contribution in [-0.2, 0) is 6.42 Å². The zero-order chi connectivity index (χ0) is 10.7. The normalized spacial score (nSPS) is 10.5. The molecule has 2 heterocycles. The van der Waals surface area contributed by atoms with E-state index in [1.54, 1.807) is 0 Å². The Balaban J connectivity index is 2.25. The molecule has 0 radical (unpaired) electrons. The summed E-state index contributed by atoms with van der Waals surface area (Å²) in [6.07, 6.45) is 1.65. The van der Waals surface area contributed by atoms with Crippen LogP contribution in [0.4, 0.5) is 4.39 Å². The third kappa shape index (κ3) is 2.16. The van der Waals surface area contributed by atoms with E-state index in [-0.39, 0.29) is 5.89 Å². The topological polar surface area (TPSA) is 77.8 Å². The lowest BCUT2D eigenvalue weighted by Gasteiger charge is -1.91. The first-order valence-electron chi connectivity index (χ1n) is 4.44. The molecule has 5 nitrogen and oxygen atoms in total. The van der Waals surface area contributed by atoms with E-state index in [1.807, 2.05) is 0 Å². The first kappa shape index (κ1) is 9.72. The second-order valence-corrected chi connectivity index (χ2v) is 2.92. The lowest BCUT2D eigenvalue weighted by molar-refractivity contribution is 0.421. The number of aromatic nitrogens is 3. The molecule has 0 aliphatic heterocycles. The number of halogens is 1. The van der Waals surface area contributed by atoms with Gasteiger partial charge < -0.3 is 10.3 Å². The smallest absolute Gasteiger partial charge is 0.276 e. The summed E-state index contributed by atoms with van der Waals surface area (Å²) >= 11 is 0. The summed E-state index contributed by atoms with van der Waals surface area (Å²) in [5.74, 6) is 0.400. The lowest BCUT2D eigenvalue weighted by Crippen LogP contribution is -2.03. The third-order valence-electron chi connectivity index (χ3n) is 1.78. The molecule has 0 fully saturated rings. The van der Waals surface area contributed by atoms with Crippen LogP contribution in [0.5, 0.6) is 0 Å². The van der Waals surface area contributed by atoms with Crippen molar-refractivity contribution in [2.75, 3.05) is 6.54 Å². The van der Waals surface area contributed by atoms with Gasteiger partial charge in [0.15, 0.2) is 5.82 Å². The highest BCUT2D eigenvalue weighted by atomic mass is 19.1. The lowest BCUT2D eigenvalue weighted by atomic mass is 10.3. The molecule has 2 rings (SSSR count). The van der Waals surface area contributed by atoms with E-state index in [0.29, 0.717) is 24.5 Å². The van der Waals surface area contributed by atoms with Gasteiger partial charge in [-0.05, 0) is 18.7 Å². The molecule has 0 saturated heterocycles. The summed E-state index contributed by atoms with van der Waals surface area (Å²) in [6, 6.07) is 2.77. The van der Waals surface area contributed by atoms with Crippen molar-refractivity contribution in [2.45, 2.75) is 6.42 Å². The Morgan fingerprint density at radius 2 is 2.27 bits per heavy atom. The van der Waals surface area contributed by atoms with E-state index in [9.17, 15) is 4.39 Å². The van der Waals surface area contributed by atoms with Crippen LogP contribution >= 0.6 is 0 Å². The maximum absolute atomic E-state index is 12.6. The number of hydrogen-bond acceptors (Lipinski definition) is 5. The molecule has 0 aliphatic carbocycles. The maximum Gasteiger partial charge on any atom is 0.276 e. The van der Waals surface area contributed by atoms with Crippen LogP contribution in [0.2, 0.25) is 0 Å². The maximum atomic E-state index is 12.6. The summed E-state index contributed by atoms with van der Waals surface area (Å²) in [4.78, 5) is 7.88. The van der Waals surface area contributed by atoms with E-state index in [4.69, 9.17) is 10.3 Å². The number of hydrogen-bond donors (Lipinski definition) is 1. The zero-order valence-electron chi connectivity index (χ0n) is 7.85. The summed E-state index contributed by atoms with van der Waals surface area (Å²) in [7, 11) is 0. The standard InChI is InChI=1S/C9H9FN4O/c10-6-1-2-7(12-5-6)9-13-8(3-4-11)14-15-9/h1-2,5H,3-4,11H2. The van der Waals surface area contributed by atoms with Crippen molar-refractivity contribution in [2.24, 2.45) is 5.73 Å². The molecule has 2 aromatic rings. The van der Waals surface area contributed by atoms with Crippen molar-refractivity contribution in [3.63, 3.8) is 0 Å². The third-order valence-corrected chi connectivity index (χ3v) is 1.78. The van der Waals surface area contributed by atoms with Crippen molar-refractivity contribution in [3.05, 3.63) is 30.0 Å². The van der Waals surface area contributed by atoms with Gasteiger partial charge in [-0.3, -0.25) is 0 Å². The Hall–Kier alpha value is -1.82. The molecule has 15 heavy (non-hydrogen) atoms. The highest BCUT2D eigenvalue weighted by Crippen LogP contribution is 2.14. The largest absolute Gasteiger partial charge is 0.332 e. The van der Waals surface area contributed by atoms with Crippen LogP contribution in [0.1, 0.15) is 5.82 Å². The molecule has 78 valence electrons. The van der Waals surface area contributed by atoms with Crippen molar-refractivity contribution in [3.8, 4) is 11.6 Å². The van der Waals surface area contributed by atoms with Crippen LogP contribution < -0.4 is 5.73 Å². The molecule has 2 aromatic heterocycles. The number of rotatable bonds is 3. The van der Waals surface area contributed by atoms with Crippen LogP contribution in [0.25, 0.3) is 11.6 Å². The molecule has 0 spiro atoms. The Morgan fingerprint density at radius 1 is 1.40 bits per heavy atom. The fourth-order valence-electron chi connectivity index (χ4n) is 1.09. The SMILES string of the molecule is NCCc1noc(-c2ccc(F)cn2)n1.